The van der Waals surface area contributed by atoms with Crippen molar-refractivity contribution in [3.05, 3.63) is 23.8 Å². The SMILES string of the molecule is C=C(C)[C@@H]1CCC([C@@H]2CC[C@H]3C2=C[C@@]2(C=O)[C@H]4CC[C@]2([C@@H]3O)[C@H](O)[C@@]42CC[C@H](C(C)(C)O)[C@H]2O)[C@@H]1OC(C)=O. The first-order valence-electron chi connectivity index (χ1n) is 15.1. The number of esters is 1. The maximum absolute atomic E-state index is 13.3. The topological polar surface area (TPSA) is 124 Å². The Hall–Kier alpha value is -1.54. The van der Waals surface area contributed by atoms with Gasteiger partial charge in [0.1, 0.15) is 12.4 Å². The first-order valence-corrected chi connectivity index (χ1v) is 15.1. The molecule has 0 radical (unpaired) electrons. The van der Waals surface area contributed by atoms with E-state index < -0.39 is 46.1 Å². The van der Waals surface area contributed by atoms with Crippen LogP contribution in [-0.4, -0.2) is 62.7 Å². The molecule has 6 aliphatic rings. The monoisotopic (exact) mass is 542 g/mol. The molecule has 6 rings (SSSR count). The predicted molar refractivity (Wildman–Crippen MR) is 144 cm³/mol. The average Bonchev–Trinajstić information content (AvgIpc) is 3.62. The molecule has 0 aliphatic heterocycles. The van der Waals surface area contributed by atoms with E-state index in [0.717, 1.165) is 43.1 Å². The fourth-order valence-corrected chi connectivity index (χ4v) is 11.4. The highest BCUT2D eigenvalue weighted by Gasteiger charge is 2.83. The van der Waals surface area contributed by atoms with Gasteiger partial charge in [0.15, 0.2) is 0 Å². The van der Waals surface area contributed by atoms with E-state index in [0.29, 0.717) is 25.7 Å². The second-order valence-electron chi connectivity index (χ2n) is 14.6. The van der Waals surface area contributed by atoms with Crippen LogP contribution >= 0.6 is 0 Å². The molecule has 7 nitrogen and oxygen atoms in total. The molecule has 0 heterocycles. The van der Waals surface area contributed by atoms with Crippen LogP contribution in [0.5, 0.6) is 0 Å². The molecule has 216 valence electrons. The van der Waals surface area contributed by atoms with Crippen LogP contribution in [0.1, 0.15) is 79.1 Å². The highest BCUT2D eigenvalue weighted by Crippen LogP contribution is 2.80. The summed E-state index contributed by atoms with van der Waals surface area (Å²) in [5.41, 5.74) is -2.07. The number of hydrogen-bond donors (Lipinski definition) is 4. The van der Waals surface area contributed by atoms with Crippen molar-refractivity contribution in [1.29, 1.82) is 0 Å². The summed E-state index contributed by atoms with van der Waals surface area (Å²) in [6.07, 6.45) is 5.61. The number of hydrogen-bond acceptors (Lipinski definition) is 7. The van der Waals surface area contributed by atoms with Gasteiger partial charge < -0.3 is 30.0 Å². The smallest absolute Gasteiger partial charge is 0.302 e. The summed E-state index contributed by atoms with van der Waals surface area (Å²) in [6, 6.07) is 0. The van der Waals surface area contributed by atoms with Crippen molar-refractivity contribution in [2.45, 2.75) is 109 Å². The third kappa shape index (κ3) is 3.25. The Morgan fingerprint density at radius 1 is 1.03 bits per heavy atom. The van der Waals surface area contributed by atoms with Gasteiger partial charge in [0.25, 0.3) is 0 Å². The largest absolute Gasteiger partial charge is 0.462 e. The average molecular weight is 543 g/mol. The summed E-state index contributed by atoms with van der Waals surface area (Å²) < 4.78 is 5.90. The van der Waals surface area contributed by atoms with Gasteiger partial charge in [0, 0.05) is 41.4 Å². The minimum absolute atomic E-state index is 0.0817. The van der Waals surface area contributed by atoms with Gasteiger partial charge in [-0.1, -0.05) is 23.8 Å². The lowest BCUT2D eigenvalue weighted by molar-refractivity contribution is -0.170. The summed E-state index contributed by atoms with van der Waals surface area (Å²) in [6.45, 7) is 11.0. The number of carbonyl (C=O) groups excluding carboxylic acids is 2. The highest BCUT2D eigenvalue weighted by molar-refractivity contribution is 5.71. The predicted octanol–water partition coefficient (Wildman–Crippen LogP) is 3.33. The number of aldehydes is 1. The number of aliphatic hydroxyl groups excluding tert-OH is 3. The summed E-state index contributed by atoms with van der Waals surface area (Å²) in [4.78, 5) is 25.4. The van der Waals surface area contributed by atoms with E-state index in [9.17, 15) is 30.0 Å². The van der Waals surface area contributed by atoms with Crippen LogP contribution in [0.2, 0.25) is 0 Å². The van der Waals surface area contributed by atoms with Crippen LogP contribution in [0, 0.1) is 51.8 Å². The Bertz CT molecular complexity index is 1110. The Balaban J connectivity index is 1.43. The van der Waals surface area contributed by atoms with Crippen LogP contribution in [0.25, 0.3) is 0 Å². The van der Waals surface area contributed by atoms with Crippen molar-refractivity contribution in [2.75, 3.05) is 0 Å². The van der Waals surface area contributed by atoms with Crippen molar-refractivity contribution >= 4 is 12.3 Å². The normalized spacial score (nSPS) is 52.1. The number of allylic oxidation sites excluding steroid dienone is 1. The highest BCUT2D eigenvalue weighted by atomic mass is 16.5. The lowest BCUT2D eigenvalue weighted by atomic mass is 9.55. The molecule has 0 aromatic carbocycles. The summed E-state index contributed by atoms with van der Waals surface area (Å²) >= 11 is 0. The van der Waals surface area contributed by atoms with Crippen molar-refractivity contribution < 1.29 is 34.8 Å². The fraction of sp³-hybridized carbons (Fsp3) is 0.812. The third-order valence-electron chi connectivity index (χ3n) is 12.8. The van der Waals surface area contributed by atoms with Crippen LogP contribution in [0.4, 0.5) is 0 Å². The third-order valence-corrected chi connectivity index (χ3v) is 12.8. The zero-order chi connectivity index (χ0) is 28.3. The lowest BCUT2D eigenvalue weighted by Crippen LogP contribution is -2.59. The molecule has 13 atom stereocenters. The molecule has 0 saturated heterocycles. The molecule has 5 fully saturated rings. The Labute approximate surface area is 231 Å². The van der Waals surface area contributed by atoms with Crippen molar-refractivity contribution in [3.8, 4) is 0 Å². The molecule has 0 amide bonds. The van der Waals surface area contributed by atoms with Crippen LogP contribution in [0.15, 0.2) is 23.8 Å². The first kappa shape index (κ1) is 27.6. The number of fused-ring (bicyclic) bond motifs is 2. The molecular weight excluding hydrogens is 496 g/mol. The van der Waals surface area contributed by atoms with Gasteiger partial charge in [-0.2, -0.15) is 0 Å². The molecule has 0 aromatic rings. The van der Waals surface area contributed by atoms with Crippen LogP contribution < -0.4 is 0 Å². The second-order valence-corrected chi connectivity index (χ2v) is 14.6. The first-order chi connectivity index (χ1) is 18.3. The molecular formula is C32H46O7. The molecule has 0 aromatic heterocycles. The molecule has 4 N–H and O–H groups in total. The molecule has 1 unspecified atom stereocenters. The quantitative estimate of drug-likeness (QED) is 0.239. The summed E-state index contributed by atoms with van der Waals surface area (Å²) in [5, 5.41) is 46.9. The molecule has 39 heavy (non-hydrogen) atoms. The van der Waals surface area contributed by atoms with Gasteiger partial charge in [-0.3, -0.25) is 4.79 Å². The van der Waals surface area contributed by atoms with Gasteiger partial charge in [0.05, 0.1) is 29.3 Å². The zero-order valence-electron chi connectivity index (χ0n) is 23.8. The zero-order valence-corrected chi connectivity index (χ0v) is 23.8. The Kier molecular flexibility index (Phi) is 6.18. The number of rotatable bonds is 5. The number of carbonyl (C=O) groups is 2. The Morgan fingerprint density at radius 3 is 2.31 bits per heavy atom. The van der Waals surface area contributed by atoms with Crippen LogP contribution in [0.3, 0.4) is 0 Å². The Morgan fingerprint density at radius 2 is 1.72 bits per heavy atom. The standard InChI is InChI=1S/C32H46O7/c1-16(2)18-6-8-20(25(18)39-17(3)34)19-7-9-21-22(19)14-30(15-33)24-11-13-32(30,26(21)35)28(37)31(24)12-10-23(27(31)36)29(4,5)38/h14-15,18-21,23-28,35-38H,1,6-13H2,2-5H3/t18-,19-,20?,21-,23-,24+,25+,26+,27+,28+,30+,31-,32-/m0/s1. The molecule has 7 heteroatoms. The van der Waals surface area contributed by atoms with E-state index in [-0.39, 0.29) is 41.7 Å². The second kappa shape index (κ2) is 8.73. The van der Waals surface area contributed by atoms with Gasteiger partial charge in [-0.25, -0.2) is 0 Å². The van der Waals surface area contributed by atoms with E-state index >= 15 is 0 Å². The number of aliphatic hydroxyl groups is 4. The summed E-state index contributed by atoms with van der Waals surface area (Å²) in [5.74, 6) is -0.919. The van der Waals surface area contributed by atoms with Crippen molar-refractivity contribution in [2.24, 2.45) is 51.8 Å². The van der Waals surface area contributed by atoms with Crippen molar-refractivity contribution in [1.82, 2.24) is 0 Å². The van der Waals surface area contributed by atoms with Crippen molar-refractivity contribution in [3.63, 3.8) is 0 Å². The van der Waals surface area contributed by atoms with E-state index in [2.05, 4.69) is 12.7 Å². The van der Waals surface area contributed by atoms with Gasteiger partial charge in [-0.15, -0.1) is 0 Å². The molecule has 5 saturated carbocycles. The van der Waals surface area contributed by atoms with E-state index in [1.165, 1.54) is 6.92 Å². The van der Waals surface area contributed by atoms with Gasteiger partial charge >= 0.3 is 5.97 Å². The van der Waals surface area contributed by atoms with Gasteiger partial charge in [0.2, 0.25) is 0 Å². The van der Waals surface area contributed by atoms with E-state index in [1.807, 2.05) is 6.92 Å². The fourth-order valence-electron chi connectivity index (χ4n) is 11.4. The van der Waals surface area contributed by atoms with Gasteiger partial charge in [-0.05, 0) is 84.0 Å². The lowest BCUT2D eigenvalue weighted by Gasteiger charge is -2.51. The van der Waals surface area contributed by atoms with E-state index in [1.54, 1.807) is 13.8 Å². The molecule has 6 aliphatic carbocycles. The number of ether oxygens (including phenoxy) is 1. The maximum Gasteiger partial charge on any atom is 0.302 e. The van der Waals surface area contributed by atoms with E-state index in [4.69, 9.17) is 4.74 Å². The summed E-state index contributed by atoms with van der Waals surface area (Å²) in [7, 11) is 0. The molecule has 2 bridgehead atoms. The minimum atomic E-state index is -1.12. The molecule has 1 spiro atoms. The maximum atomic E-state index is 13.3. The minimum Gasteiger partial charge on any atom is -0.462 e. The van der Waals surface area contributed by atoms with Crippen LogP contribution in [-0.2, 0) is 14.3 Å².